The Labute approximate surface area is 156 Å². The zero-order valence-corrected chi connectivity index (χ0v) is 15.3. The lowest BCUT2D eigenvalue weighted by molar-refractivity contribution is -0.130. The van der Waals surface area contributed by atoms with E-state index in [0.29, 0.717) is 16.7 Å². The van der Waals surface area contributed by atoms with E-state index >= 15 is 0 Å². The molecular weight excluding hydrogens is 354 g/mol. The first kappa shape index (κ1) is 21.8. The summed E-state index contributed by atoms with van der Waals surface area (Å²) in [5, 5.41) is 0. The average molecular weight is 374 g/mol. The summed E-state index contributed by atoms with van der Waals surface area (Å²) in [6.07, 6.45) is 0.722. The van der Waals surface area contributed by atoms with E-state index in [-0.39, 0.29) is 17.1 Å². The molecule has 0 radical (unpaired) electrons. The van der Waals surface area contributed by atoms with Crippen molar-refractivity contribution in [3.05, 3.63) is 72.3 Å². The number of hydrogen-bond acceptors (Lipinski definition) is 4. The summed E-state index contributed by atoms with van der Waals surface area (Å²) in [7, 11) is 1.36. The summed E-state index contributed by atoms with van der Waals surface area (Å²) in [4.78, 5) is 20.8. The third-order valence-electron chi connectivity index (χ3n) is 3.17. The topological polar surface area (TPSA) is 52.6 Å². The Kier molecular flexibility index (Phi) is 8.07. The fourth-order valence-corrected chi connectivity index (χ4v) is 1.80. The molecule has 142 valence electrons. The lowest BCUT2D eigenvalue weighted by Crippen LogP contribution is -2.09. The predicted octanol–water partition coefficient (Wildman–Crippen LogP) is 4.88. The smallest absolute Gasteiger partial charge is 0.338 e. The molecule has 2 rings (SSSR count). The Morgan fingerprint density at radius 1 is 0.963 bits per heavy atom. The van der Waals surface area contributed by atoms with Crippen LogP contribution in [0.2, 0.25) is 0 Å². The van der Waals surface area contributed by atoms with Crippen LogP contribution in [-0.4, -0.2) is 19.4 Å². The number of benzene rings is 2. The molecule has 0 aromatic heterocycles. The van der Waals surface area contributed by atoms with Gasteiger partial charge in [-0.1, -0.05) is 25.3 Å². The van der Waals surface area contributed by atoms with Gasteiger partial charge in [0, 0.05) is 5.57 Å². The number of methoxy groups -OCH3 is 1. The minimum Gasteiger partial charge on any atom is -0.494 e. The maximum atomic E-state index is 14.0. The minimum absolute atomic E-state index is 0.108. The van der Waals surface area contributed by atoms with Gasteiger partial charge in [0.15, 0.2) is 23.1 Å². The van der Waals surface area contributed by atoms with Crippen LogP contribution < -0.4 is 9.47 Å². The van der Waals surface area contributed by atoms with Gasteiger partial charge in [-0.2, -0.15) is 0 Å². The Bertz CT molecular complexity index is 872. The van der Waals surface area contributed by atoms with Crippen molar-refractivity contribution in [3.63, 3.8) is 0 Å². The van der Waals surface area contributed by atoms with Crippen LogP contribution >= 0.6 is 0 Å². The number of halogens is 2. The molecule has 4 nitrogen and oxygen atoms in total. The van der Waals surface area contributed by atoms with Crippen molar-refractivity contribution >= 4 is 12.3 Å². The molecule has 2 aromatic carbocycles. The SMILES string of the molecule is C=C(C)C(=O)Oc1ccc(-c2ccc(OC)c(F)c2)cc1F.C=C(C)C=O. The highest BCUT2D eigenvalue weighted by molar-refractivity contribution is 5.88. The standard InChI is InChI=1S/C17H14F2O3.C4H6O/c1-10(2)17(20)22-16-7-5-12(9-14(16)19)11-4-6-15(21-3)13(18)8-11;1-4(2)3-5/h4-9H,1H2,2-3H3;3H,1H2,2H3. The van der Waals surface area contributed by atoms with Gasteiger partial charge in [-0.05, 0) is 54.8 Å². The van der Waals surface area contributed by atoms with Crippen LogP contribution in [0.4, 0.5) is 8.78 Å². The summed E-state index contributed by atoms with van der Waals surface area (Å²) in [5.74, 6) is -2.06. The monoisotopic (exact) mass is 374 g/mol. The predicted molar refractivity (Wildman–Crippen MR) is 99.7 cm³/mol. The van der Waals surface area contributed by atoms with E-state index in [2.05, 4.69) is 13.2 Å². The molecule has 0 atom stereocenters. The van der Waals surface area contributed by atoms with Crippen molar-refractivity contribution in [2.75, 3.05) is 7.11 Å². The van der Waals surface area contributed by atoms with Crippen molar-refractivity contribution in [2.24, 2.45) is 0 Å². The summed E-state index contributed by atoms with van der Waals surface area (Å²) in [6.45, 7) is 9.85. The van der Waals surface area contributed by atoms with Crippen LogP contribution in [0, 0.1) is 11.6 Å². The van der Waals surface area contributed by atoms with Crippen molar-refractivity contribution in [3.8, 4) is 22.6 Å². The summed E-state index contributed by atoms with van der Waals surface area (Å²) >= 11 is 0. The van der Waals surface area contributed by atoms with Gasteiger partial charge in [0.05, 0.1) is 7.11 Å². The van der Waals surface area contributed by atoms with Gasteiger partial charge in [0.2, 0.25) is 0 Å². The van der Waals surface area contributed by atoms with Crippen LogP contribution in [0.15, 0.2) is 60.7 Å². The first-order valence-corrected chi connectivity index (χ1v) is 7.81. The summed E-state index contributed by atoms with van der Waals surface area (Å²) in [6, 6.07) is 8.32. The molecule has 0 bridgehead atoms. The van der Waals surface area contributed by atoms with Gasteiger partial charge in [-0.25, -0.2) is 13.6 Å². The van der Waals surface area contributed by atoms with E-state index < -0.39 is 17.6 Å². The first-order valence-electron chi connectivity index (χ1n) is 7.81. The van der Waals surface area contributed by atoms with Gasteiger partial charge in [-0.15, -0.1) is 0 Å². The molecule has 6 heteroatoms. The van der Waals surface area contributed by atoms with Crippen LogP contribution in [0.5, 0.6) is 11.5 Å². The van der Waals surface area contributed by atoms with Crippen LogP contribution in [0.1, 0.15) is 13.8 Å². The van der Waals surface area contributed by atoms with Crippen molar-refractivity contribution < 1.29 is 27.8 Å². The Hall–Kier alpha value is -3.28. The van der Waals surface area contributed by atoms with Crippen molar-refractivity contribution in [1.29, 1.82) is 0 Å². The number of carbonyl (C=O) groups is 2. The quantitative estimate of drug-likeness (QED) is 0.324. The fourth-order valence-electron chi connectivity index (χ4n) is 1.80. The average Bonchev–Trinajstić information content (AvgIpc) is 2.63. The molecule has 0 spiro atoms. The summed E-state index contributed by atoms with van der Waals surface area (Å²) in [5.41, 5.74) is 1.68. The Morgan fingerprint density at radius 2 is 1.41 bits per heavy atom. The van der Waals surface area contributed by atoms with E-state index in [1.807, 2.05) is 0 Å². The zero-order chi connectivity index (χ0) is 20.6. The maximum absolute atomic E-state index is 14.0. The molecular formula is C21H20F2O4. The maximum Gasteiger partial charge on any atom is 0.338 e. The number of carbonyl (C=O) groups excluding carboxylic acids is 2. The number of rotatable bonds is 5. The number of ether oxygens (including phenoxy) is 2. The number of allylic oxidation sites excluding steroid dienone is 1. The largest absolute Gasteiger partial charge is 0.494 e. The highest BCUT2D eigenvalue weighted by Crippen LogP contribution is 2.29. The minimum atomic E-state index is -0.719. The van der Waals surface area contributed by atoms with E-state index in [0.717, 1.165) is 6.29 Å². The van der Waals surface area contributed by atoms with Gasteiger partial charge in [-0.3, -0.25) is 4.79 Å². The van der Waals surface area contributed by atoms with Crippen molar-refractivity contribution in [2.45, 2.75) is 13.8 Å². The van der Waals surface area contributed by atoms with Crippen LogP contribution in [-0.2, 0) is 9.59 Å². The van der Waals surface area contributed by atoms with E-state index in [4.69, 9.17) is 9.47 Å². The van der Waals surface area contributed by atoms with Crippen LogP contribution in [0.25, 0.3) is 11.1 Å². The molecule has 0 aliphatic carbocycles. The van der Waals surface area contributed by atoms with Crippen LogP contribution in [0.3, 0.4) is 0 Å². The normalized spacial score (nSPS) is 9.52. The molecule has 0 fully saturated rings. The Balaban J connectivity index is 0.000000646. The Morgan fingerprint density at radius 3 is 1.74 bits per heavy atom. The van der Waals surface area contributed by atoms with Gasteiger partial charge < -0.3 is 9.47 Å². The second-order valence-electron chi connectivity index (χ2n) is 5.63. The lowest BCUT2D eigenvalue weighted by Gasteiger charge is -2.08. The van der Waals surface area contributed by atoms with Gasteiger partial charge in [0.25, 0.3) is 0 Å². The van der Waals surface area contributed by atoms with Crippen molar-refractivity contribution in [1.82, 2.24) is 0 Å². The first-order chi connectivity index (χ1) is 12.7. The van der Waals surface area contributed by atoms with E-state index in [1.54, 1.807) is 13.0 Å². The molecule has 0 N–H and O–H groups in total. The second-order valence-corrected chi connectivity index (χ2v) is 5.63. The molecule has 0 saturated carbocycles. The molecule has 0 amide bonds. The molecule has 2 aromatic rings. The lowest BCUT2D eigenvalue weighted by atomic mass is 10.0. The molecule has 0 saturated heterocycles. The number of aldehydes is 1. The highest BCUT2D eigenvalue weighted by atomic mass is 19.1. The van der Waals surface area contributed by atoms with E-state index in [1.165, 1.54) is 44.4 Å². The second kappa shape index (κ2) is 10.0. The zero-order valence-electron chi connectivity index (χ0n) is 15.3. The third kappa shape index (κ3) is 6.51. The molecule has 0 heterocycles. The highest BCUT2D eigenvalue weighted by Gasteiger charge is 2.12. The van der Waals surface area contributed by atoms with E-state index in [9.17, 15) is 18.4 Å². The molecule has 0 unspecified atom stereocenters. The van der Waals surface area contributed by atoms with Gasteiger partial charge >= 0.3 is 5.97 Å². The molecule has 0 aliphatic rings. The molecule has 0 aliphatic heterocycles. The summed E-state index contributed by atoms with van der Waals surface area (Å²) < 4.78 is 37.3. The fraction of sp³-hybridized carbons (Fsp3) is 0.143. The number of hydrogen-bond donors (Lipinski definition) is 0. The van der Waals surface area contributed by atoms with Gasteiger partial charge in [0.1, 0.15) is 6.29 Å². The number of esters is 1. The molecule has 27 heavy (non-hydrogen) atoms. The third-order valence-corrected chi connectivity index (χ3v) is 3.17.